The monoisotopic (exact) mass is 324 g/mol. The molecule has 3 unspecified atom stereocenters. The van der Waals surface area contributed by atoms with Gasteiger partial charge in [0, 0.05) is 0 Å². The minimum absolute atomic E-state index is 0.500. The molecule has 1 aromatic carbocycles. The zero-order valence-corrected chi connectivity index (χ0v) is 15.6. The van der Waals surface area contributed by atoms with Gasteiger partial charge in [0.2, 0.25) is 0 Å². The van der Waals surface area contributed by atoms with E-state index >= 15 is 0 Å². The second-order valence-electron chi connectivity index (χ2n) is 8.49. The average molecular weight is 325 g/mol. The van der Waals surface area contributed by atoms with Gasteiger partial charge in [0.15, 0.2) is 0 Å². The third-order valence-corrected chi connectivity index (χ3v) is 7.46. The Balaban J connectivity index is 1.63. The fourth-order valence-corrected chi connectivity index (χ4v) is 6.19. The molecule has 4 atom stereocenters. The molecule has 0 spiro atoms. The van der Waals surface area contributed by atoms with Gasteiger partial charge in [-0.2, -0.15) is 0 Å². The van der Waals surface area contributed by atoms with E-state index in [4.69, 9.17) is 4.74 Å². The molecule has 0 aromatic heterocycles. The summed E-state index contributed by atoms with van der Waals surface area (Å²) in [6.45, 7) is 4.89. The lowest BCUT2D eigenvalue weighted by molar-refractivity contribution is 0.0812. The predicted octanol–water partition coefficient (Wildman–Crippen LogP) is 6.28. The van der Waals surface area contributed by atoms with Crippen molar-refractivity contribution in [1.82, 2.24) is 0 Å². The quantitative estimate of drug-likeness (QED) is 0.595. The van der Waals surface area contributed by atoms with E-state index in [0.717, 1.165) is 23.5 Å². The highest BCUT2D eigenvalue weighted by Crippen LogP contribution is 2.62. The molecule has 3 aliphatic rings. The van der Waals surface area contributed by atoms with E-state index < -0.39 is 0 Å². The molecule has 0 saturated heterocycles. The molecule has 24 heavy (non-hydrogen) atoms. The maximum atomic E-state index is 5.45. The molecule has 4 rings (SSSR count). The van der Waals surface area contributed by atoms with Crippen LogP contribution in [0.4, 0.5) is 0 Å². The van der Waals surface area contributed by atoms with Crippen LogP contribution in [0.1, 0.15) is 75.8 Å². The number of allylic oxidation sites excluding steroid dienone is 2. The van der Waals surface area contributed by atoms with Crippen molar-refractivity contribution in [3.05, 3.63) is 41.0 Å². The number of hydrogen-bond donors (Lipinski definition) is 0. The van der Waals surface area contributed by atoms with Crippen molar-refractivity contribution >= 4 is 0 Å². The molecule has 130 valence electrons. The van der Waals surface area contributed by atoms with Gasteiger partial charge in [0.1, 0.15) is 5.75 Å². The first-order valence-corrected chi connectivity index (χ1v) is 10.0. The maximum absolute atomic E-state index is 5.45. The molecule has 1 heteroatoms. The van der Waals surface area contributed by atoms with Crippen molar-refractivity contribution in [3.8, 4) is 5.75 Å². The van der Waals surface area contributed by atoms with Crippen LogP contribution >= 0.6 is 0 Å². The van der Waals surface area contributed by atoms with E-state index in [-0.39, 0.29) is 0 Å². The molecule has 2 saturated carbocycles. The second-order valence-corrected chi connectivity index (χ2v) is 8.49. The maximum Gasteiger partial charge on any atom is 0.119 e. The summed E-state index contributed by atoms with van der Waals surface area (Å²) in [7, 11) is 1.78. The summed E-state index contributed by atoms with van der Waals surface area (Å²) in [6.07, 6.45) is 13.3. The SMILES string of the molecule is CCCC=C1CCC2C3CCc4cc(OC)ccc4C3CC[C@]12C. The van der Waals surface area contributed by atoms with E-state index in [9.17, 15) is 0 Å². The zero-order chi connectivity index (χ0) is 16.7. The molecule has 0 heterocycles. The Kier molecular flexibility index (Phi) is 4.22. The molecule has 3 aliphatic carbocycles. The zero-order valence-electron chi connectivity index (χ0n) is 15.6. The van der Waals surface area contributed by atoms with Crippen molar-refractivity contribution in [2.75, 3.05) is 7.11 Å². The van der Waals surface area contributed by atoms with Gasteiger partial charge in [-0.25, -0.2) is 0 Å². The average Bonchev–Trinajstić information content (AvgIpc) is 2.95. The number of methoxy groups -OCH3 is 1. The molecule has 0 amide bonds. The van der Waals surface area contributed by atoms with E-state index in [0.29, 0.717) is 5.41 Å². The molecule has 0 bridgehead atoms. The largest absolute Gasteiger partial charge is 0.497 e. The molecular formula is C23H32O. The fraction of sp³-hybridized carbons (Fsp3) is 0.652. The molecular weight excluding hydrogens is 292 g/mol. The van der Waals surface area contributed by atoms with Crippen LogP contribution in [0.5, 0.6) is 5.75 Å². The highest BCUT2D eigenvalue weighted by Gasteiger charge is 2.52. The number of unbranched alkanes of at least 4 members (excludes halogenated alkanes) is 1. The molecule has 2 fully saturated rings. The standard InChI is InChI=1S/C23H32O/c1-4-5-6-17-8-12-22-21-10-7-16-15-18(24-3)9-11-19(16)20(21)13-14-23(17,22)2/h6,9,11,15,20-22H,4-5,7-8,10,12-14H2,1-3H3/t20?,21?,22?,23-/m1/s1. The first-order chi connectivity index (χ1) is 11.7. The normalized spacial score (nSPS) is 36.1. The lowest BCUT2D eigenvalue weighted by Gasteiger charge is -2.49. The topological polar surface area (TPSA) is 9.23 Å². The Labute approximate surface area is 147 Å². The number of rotatable bonds is 3. The highest BCUT2D eigenvalue weighted by atomic mass is 16.5. The minimum Gasteiger partial charge on any atom is -0.497 e. The summed E-state index contributed by atoms with van der Waals surface area (Å²) in [5.41, 5.74) is 5.49. The first-order valence-electron chi connectivity index (χ1n) is 10.0. The number of benzene rings is 1. The van der Waals surface area contributed by atoms with Gasteiger partial charge in [-0.15, -0.1) is 0 Å². The lowest BCUT2D eigenvalue weighted by atomic mass is 9.55. The van der Waals surface area contributed by atoms with Crippen molar-refractivity contribution in [2.24, 2.45) is 17.3 Å². The number of hydrogen-bond acceptors (Lipinski definition) is 1. The van der Waals surface area contributed by atoms with E-state index in [1.807, 2.05) is 0 Å². The number of fused-ring (bicyclic) bond motifs is 5. The fourth-order valence-electron chi connectivity index (χ4n) is 6.19. The summed E-state index contributed by atoms with van der Waals surface area (Å²) in [4.78, 5) is 0. The van der Waals surface area contributed by atoms with Crippen LogP contribution in [0.3, 0.4) is 0 Å². The van der Waals surface area contributed by atoms with Gasteiger partial charge >= 0.3 is 0 Å². The van der Waals surface area contributed by atoms with Gasteiger partial charge < -0.3 is 4.74 Å². The smallest absolute Gasteiger partial charge is 0.119 e. The van der Waals surface area contributed by atoms with Crippen molar-refractivity contribution in [3.63, 3.8) is 0 Å². The molecule has 0 N–H and O–H groups in total. The highest BCUT2D eigenvalue weighted by molar-refractivity contribution is 5.41. The summed E-state index contributed by atoms with van der Waals surface area (Å²) < 4.78 is 5.45. The summed E-state index contributed by atoms with van der Waals surface area (Å²) in [5, 5.41) is 0. The molecule has 0 radical (unpaired) electrons. The summed E-state index contributed by atoms with van der Waals surface area (Å²) in [6, 6.07) is 6.84. The molecule has 1 nitrogen and oxygen atoms in total. The van der Waals surface area contributed by atoms with E-state index in [1.165, 1.54) is 51.4 Å². The number of aryl methyl sites for hydroxylation is 1. The van der Waals surface area contributed by atoms with Crippen LogP contribution in [0.2, 0.25) is 0 Å². The predicted molar refractivity (Wildman–Crippen MR) is 101 cm³/mol. The Morgan fingerprint density at radius 3 is 2.88 bits per heavy atom. The van der Waals surface area contributed by atoms with Crippen LogP contribution in [0.25, 0.3) is 0 Å². The van der Waals surface area contributed by atoms with Crippen molar-refractivity contribution in [2.45, 2.75) is 71.1 Å². The second kappa shape index (κ2) is 6.24. The molecule has 0 aliphatic heterocycles. The first kappa shape index (κ1) is 16.2. The van der Waals surface area contributed by atoms with Crippen molar-refractivity contribution in [1.29, 1.82) is 0 Å². The van der Waals surface area contributed by atoms with Gasteiger partial charge in [-0.05, 0) is 91.4 Å². The van der Waals surface area contributed by atoms with E-state index in [2.05, 4.69) is 38.1 Å². The van der Waals surface area contributed by atoms with Crippen LogP contribution in [-0.4, -0.2) is 7.11 Å². The van der Waals surface area contributed by atoms with Crippen LogP contribution < -0.4 is 4.74 Å². The molecule has 1 aromatic rings. The van der Waals surface area contributed by atoms with Gasteiger partial charge in [0.05, 0.1) is 7.11 Å². The Morgan fingerprint density at radius 2 is 2.08 bits per heavy atom. The third kappa shape index (κ3) is 2.43. The van der Waals surface area contributed by atoms with Gasteiger partial charge in [-0.1, -0.05) is 38.0 Å². The Hall–Kier alpha value is -1.24. The van der Waals surface area contributed by atoms with Gasteiger partial charge in [-0.3, -0.25) is 0 Å². The van der Waals surface area contributed by atoms with Crippen molar-refractivity contribution < 1.29 is 4.74 Å². The van der Waals surface area contributed by atoms with Crippen LogP contribution in [0, 0.1) is 17.3 Å². The summed E-state index contributed by atoms with van der Waals surface area (Å²) >= 11 is 0. The van der Waals surface area contributed by atoms with E-state index in [1.54, 1.807) is 23.8 Å². The number of ether oxygens (including phenoxy) is 1. The van der Waals surface area contributed by atoms with Crippen LogP contribution in [0.15, 0.2) is 29.8 Å². The Bertz CT molecular complexity index is 643. The van der Waals surface area contributed by atoms with Crippen LogP contribution in [-0.2, 0) is 6.42 Å². The summed E-state index contributed by atoms with van der Waals surface area (Å²) in [5.74, 6) is 3.63. The minimum atomic E-state index is 0.500. The lowest BCUT2D eigenvalue weighted by Crippen LogP contribution is -2.40. The van der Waals surface area contributed by atoms with Gasteiger partial charge in [0.25, 0.3) is 0 Å². The third-order valence-electron chi connectivity index (χ3n) is 7.46. The Morgan fingerprint density at radius 1 is 1.21 bits per heavy atom.